The zero-order valence-corrected chi connectivity index (χ0v) is 15.1. The molecule has 4 rings (SSSR count). The average molecular weight is 362 g/mol. The molecule has 0 bridgehead atoms. The molecule has 0 saturated heterocycles. The van der Waals surface area contributed by atoms with Gasteiger partial charge in [0.05, 0.1) is 0 Å². The molecule has 5 heteroatoms. The minimum atomic E-state index is 0.182. The Kier molecular flexibility index (Phi) is 4.86. The highest BCUT2D eigenvalue weighted by molar-refractivity contribution is 7.13. The van der Waals surface area contributed by atoms with Gasteiger partial charge in [0.25, 0.3) is 0 Å². The lowest BCUT2D eigenvalue weighted by molar-refractivity contribution is 0.459. The van der Waals surface area contributed by atoms with Crippen LogP contribution < -0.4 is 9.31 Å². The van der Waals surface area contributed by atoms with E-state index in [2.05, 4.69) is 47.2 Å². The highest BCUT2D eigenvalue weighted by atomic mass is 32.1. The number of thiophene rings is 2. The maximum Gasteiger partial charge on any atom is 0.576 e. The fourth-order valence-corrected chi connectivity index (χ4v) is 3.98. The van der Waals surface area contributed by atoms with Crippen LogP contribution in [0.2, 0.25) is 0 Å². The molecule has 0 N–H and O–H groups in total. The zero-order chi connectivity index (χ0) is 16.9. The Bertz CT molecular complexity index is 856. The molecule has 0 aliphatic rings. The van der Waals surface area contributed by atoms with E-state index in [9.17, 15) is 0 Å². The van der Waals surface area contributed by atoms with Gasteiger partial charge in [-0.2, -0.15) is 0 Å². The molecule has 2 heterocycles. The summed E-state index contributed by atoms with van der Waals surface area (Å²) in [4.78, 5) is 2.46. The van der Waals surface area contributed by atoms with Gasteiger partial charge in [-0.1, -0.05) is 36.4 Å². The van der Waals surface area contributed by atoms with Gasteiger partial charge in [-0.15, -0.1) is 22.7 Å². The molecule has 0 aliphatic carbocycles. The first-order valence-electron chi connectivity index (χ1n) is 7.92. The van der Waals surface area contributed by atoms with Gasteiger partial charge >= 0.3 is 7.69 Å². The molecule has 0 unspecified atom stereocenters. The van der Waals surface area contributed by atoms with Gasteiger partial charge in [0.1, 0.15) is 11.5 Å². The normalized spacial score (nSPS) is 10.4. The fraction of sp³-hybridized carbons (Fsp3) is 0. The van der Waals surface area contributed by atoms with Gasteiger partial charge in [-0.05, 0) is 58.3 Å². The van der Waals surface area contributed by atoms with Crippen molar-refractivity contribution in [1.82, 2.24) is 0 Å². The van der Waals surface area contributed by atoms with Crippen molar-refractivity contribution in [1.29, 1.82) is 0 Å². The highest BCUT2D eigenvalue weighted by Crippen LogP contribution is 2.29. The van der Waals surface area contributed by atoms with Crippen LogP contribution in [0.25, 0.3) is 20.9 Å². The van der Waals surface area contributed by atoms with Crippen LogP contribution in [0.15, 0.2) is 83.6 Å². The van der Waals surface area contributed by atoms with Crippen molar-refractivity contribution < 1.29 is 9.31 Å². The number of hydrogen-bond donors (Lipinski definition) is 0. The second kappa shape index (κ2) is 7.59. The molecule has 4 aromatic rings. The first-order valence-corrected chi connectivity index (χ1v) is 9.68. The predicted molar refractivity (Wildman–Crippen MR) is 108 cm³/mol. The van der Waals surface area contributed by atoms with E-state index in [0.717, 1.165) is 22.6 Å². The Balaban J connectivity index is 1.40. The largest absolute Gasteiger partial charge is 0.576 e. The summed E-state index contributed by atoms with van der Waals surface area (Å²) in [5, 5.41) is 4.15. The molecule has 2 aromatic carbocycles. The molecule has 2 nitrogen and oxygen atoms in total. The Morgan fingerprint density at radius 2 is 1.12 bits per heavy atom. The quantitative estimate of drug-likeness (QED) is 0.400. The Morgan fingerprint density at radius 3 is 1.56 bits per heavy atom. The Hall–Kier alpha value is -2.50. The van der Waals surface area contributed by atoms with Crippen LogP contribution in [0.1, 0.15) is 0 Å². The van der Waals surface area contributed by atoms with Crippen molar-refractivity contribution in [2.24, 2.45) is 0 Å². The topological polar surface area (TPSA) is 18.5 Å². The van der Waals surface area contributed by atoms with Gasteiger partial charge in [0.2, 0.25) is 0 Å². The van der Waals surface area contributed by atoms with E-state index in [-0.39, 0.29) is 7.69 Å². The Labute approximate surface area is 155 Å². The minimum Gasteiger partial charge on any atom is -0.529 e. The van der Waals surface area contributed by atoms with Crippen molar-refractivity contribution >= 4 is 30.4 Å². The molecule has 0 fully saturated rings. The first kappa shape index (κ1) is 16.0. The van der Waals surface area contributed by atoms with Crippen molar-refractivity contribution in [3.05, 3.63) is 83.6 Å². The van der Waals surface area contributed by atoms with Crippen molar-refractivity contribution in [3.63, 3.8) is 0 Å². The second-order valence-electron chi connectivity index (χ2n) is 5.42. The highest BCUT2D eigenvalue weighted by Gasteiger charge is 2.05. The predicted octanol–water partition coefficient (Wildman–Crippen LogP) is 5.87. The third kappa shape index (κ3) is 3.95. The average Bonchev–Trinajstić information content (AvgIpc) is 3.36. The molecule has 122 valence electrons. The third-order valence-corrected chi connectivity index (χ3v) is 5.57. The summed E-state index contributed by atoms with van der Waals surface area (Å²) in [6.45, 7) is 0. The third-order valence-electron chi connectivity index (χ3n) is 3.73. The van der Waals surface area contributed by atoms with Crippen molar-refractivity contribution in [2.75, 3.05) is 0 Å². The SMILES string of the molecule is B(Oc1cccc(-c2cccs2)c1)Oc1cccc(-c2cccs2)c1. The van der Waals surface area contributed by atoms with E-state index in [1.54, 1.807) is 22.7 Å². The zero-order valence-electron chi connectivity index (χ0n) is 13.4. The van der Waals surface area contributed by atoms with Crippen LogP contribution in [0, 0.1) is 0 Å². The lowest BCUT2D eigenvalue weighted by Crippen LogP contribution is -2.10. The van der Waals surface area contributed by atoms with Gasteiger partial charge in [0, 0.05) is 9.75 Å². The maximum absolute atomic E-state index is 5.76. The van der Waals surface area contributed by atoms with Crippen LogP contribution >= 0.6 is 22.7 Å². The number of hydrogen-bond acceptors (Lipinski definition) is 4. The molecule has 0 spiro atoms. The van der Waals surface area contributed by atoms with E-state index < -0.39 is 0 Å². The Morgan fingerprint density at radius 1 is 0.600 bits per heavy atom. The van der Waals surface area contributed by atoms with Crippen molar-refractivity contribution in [2.45, 2.75) is 0 Å². The monoisotopic (exact) mass is 362 g/mol. The molecule has 0 aliphatic heterocycles. The van der Waals surface area contributed by atoms with Gasteiger partial charge in [-0.25, -0.2) is 0 Å². The number of rotatable bonds is 6. The lowest BCUT2D eigenvalue weighted by atomic mass is 10.1. The summed E-state index contributed by atoms with van der Waals surface area (Å²) < 4.78 is 11.5. The molecule has 0 radical (unpaired) electrons. The second-order valence-corrected chi connectivity index (χ2v) is 7.31. The summed E-state index contributed by atoms with van der Waals surface area (Å²) in [5.74, 6) is 1.61. The van der Waals surface area contributed by atoms with E-state index >= 15 is 0 Å². The summed E-state index contributed by atoms with van der Waals surface area (Å²) in [6, 6.07) is 24.5. The summed E-state index contributed by atoms with van der Waals surface area (Å²) in [6.07, 6.45) is 0. The molecule has 25 heavy (non-hydrogen) atoms. The van der Waals surface area contributed by atoms with Crippen LogP contribution in [0.5, 0.6) is 11.5 Å². The summed E-state index contributed by atoms with van der Waals surface area (Å²) >= 11 is 3.44. The van der Waals surface area contributed by atoms with Gasteiger partial charge in [-0.3, -0.25) is 0 Å². The van der Waals surface area contributed by atoms with E-state index in [1.165, 1.54) is 9.75 Å². The molecule has 0 saturated carbocycles. The van der Waals surface area contributed by atoms with E-state index in [0.29, 0.717) is 0 Å². The molecule has 0 amide bonds. The summed E-state index contributed by atoms with van der Waals surface area (Å²) in [7, 11) is 0.182. The fourth-order valence-electron chi connectivity index (χ4n) is 2.53. The maximum atomic E-state index is 5.76. The minimum absolute atomic E-state index is 0.182. The van der Waals surface area contributed by atoms with Gasteiger partial charge < -0.3 is 9.31 Å². The van der Waals surface area contributed by atoms with Crippen LogP contribution in [0.4, 0.5) is 0 Å². The summed E-state index contributed by atoms with van der Waals surface area (Å²) in [5.41, 5.74) is 2.32. The molecular weight excluding hydrogens is 347 g/mol. The van der Waals surface area contributed by atoms with E-state index in [1.807, 2.05) is 36.4 Å². The van der Waals surface area contributed by atoms with E-state index in [4.69, 9.17) is 9.31 Å². The first-order chi connectivity index (χ1) is 12.4. The standard InChI is InChI=1S/C20H15BO2S2/c1-5-15(19-9-3-11-24-19)13-17(7-1)22-21-23-18-8-2-6-16(14-18)20-10-4-12-25-20/h1-14,21H. The van der Waals surface area contributed by atoms with Crippen LogP contribution in [-0.4, -0.2) is 7.69 Å². The lowest BCUT2D eigenvalue weighted by Gasteiger charge is -2.09. The molecule has 0 atom stereocenters. The van der Waals surface area contributed by atoms with Gasteiger partial charge in [0.15, 0.2) is 0 Å². The smallest absolute Gasteiger partial charge is 0.529 e. The van der Waals surface area contributed by atoms with Crippen molar-refractivity contribution in [3.8, 4) is 32.4 Å². The number of benzene rings is 2. The van der Waals surface area contributed by atoms with Crippen LogP contribution in [0.3, 0.4) is 0 Å². The molecule has 2 aromatic heterocycles. The molecular formula is C20H15BO2S2. The van der Waals surface area contributed by atoms with Crippen LogP contribution in [-0.2, 0) is 0 Å².